The zero-order chi connectivity index (χ0) is 13.3. The molecule has 1 aliphatic rings. The summed E-state index contributed by atoms with van der Waals surface area (Å²) in [6.45, 7) is 1.66. The van der Waals surface area contributed by atoms with Crippen molar-refractivity contribution < 1.29 is 22.8 Å². The molecular formula is C9H12N2O5S2. The fraction of sp³-hybridized carbons (Fsp3) is 0.556. The van der Waals surface area contributed by atoms with Crippen molar-refractivity contribution in [3.8, 4) is 0 Å². The molecule has 1 atom stereocenters. The highest BCUT2D eigenvalue weighted by Gasteiger charge is 2.39. The molecule has 0 aromatic carbocycles. The van der Waals surface area contributed by atoms with Gasteiger partial charge in [-0.1, -0.05) is 5.16 Å². The molecule has 100 valence electrons. The largest absolute Gasteiger partial charge is 0.480 e. The highest BCUT2D eigenvalue weighted by atomic mass is 32.2. The average Bonchev–Trinajstić information content (AvgIpc) is 2.86. The maximum Gasteiger partial charge on any atom is 0.322 e. The van der Waals surface area contributed by atoms with E-state index >= 15 is 0 Å². The number of nitrogens with zero attached hydrogens (tertiary/aromatic N) is 2. The molecule has 7 nitrogen and oxygen atoms in total. The fourth-order valence-corrected chi connectivity index (χ4v) is 4.85. The van der Waals surface area contributed by atoms with Crippen molar-refractivity contribution in [3.63, 3.8) is 0 Å². The number of carboxylic acids is 1. The van der Waals surface area contributed by atoms with Gasteiger partial charge >= 0.3 is 5.97 Å². The minimum absolute atomic E-state index is 0.163. The molecule has 1 aromatic rings. The monoisotopic (exact) mass is 292 g/mol. The van der Waals surface area contributed by atoms with Gasteiger partial charge in [0.2, 0.25) is 10.0 Å². The summed E-state index contributed by atoms with van der Waals surface area (Å²) >= 11 is 1.28. The number of aliphatic carboxylic acids is 1. The second kappa shape index (κ2) is 4.90. The van der Waals surface area contributed by atoms with Crippen LogP contribution in [0.2, 0.25) is 0 Å². The van der Waals surface area contributed by atoms with Crippen LogP contribution in [0.1, 0.15) is 11.5 Å². The number of rotatable bonds is 4. The molecule has 0 aliphatic carbocycles. The minimum atomic E-state index is -3.68. The Bertz CT molecular complexity index is 553. The molecule has 0 radical (unpaired) electrons. The van der Waals surface area contributed by atoms with Crippen molar-refractivity contribution in [2.24, 2.45) is 0 Å². The third-order valence-corrected chi connectivity index (χ3v) is 5.43. The highest BCUT2D eigenvalue weighted by molar-refractivity contribution is 8.00. The number of aromatic nitrogens is 1. The van der Waals surface area contributed by atoms with Gasteiger partial charge in [0.05, 0.1) is 5.88 Å². The van der Waals surface area contributed by atoms with E-state index in [2.05, 4.69) is 5.16 Å². The van der Waals surface area contributed by atoms with Crippen LogP contribution in [0, 0.1) is 6.92 Å². The van der Waals surface area contributed by atoms with Gasteiger partial charge < -0.3 is 9.63 Å². The van der Waals surface area contributed by atoms with Crippen LogP contribution in [0.3, 0.4) is 0 Å². The summed E-state index contributed by atoms with van der Waals surface area (Å²) in [7, 11) is -3.68. The molecule has 1 N–H and O–H groups in total. The van der Waals surface area contributed by atoms with E-state index in [1.54, 1.807) is 6.92 Å². The summed E-state index contributed by atoms with van der Waals surface area (Å²) in [5, 5.41) is 12.6. The minimum Gasteiger partial charge on any atom is -0.480 e. The van der Waals surface area contributed by atoms with Crippen LogP contribution in [0.5, 0.6) is 0 Å². The summed E-state index contributed by atoms with van der Waals surface area (Å²) in [6, 6.07) is 0.532. The lowest BCUT2D eigenvalue weighted by atomic mass is 10.4. The van der Waals surface area contributed by atoms with Crippen LogP contribution < -0.4 is 0 Å². The summed E-state index contributed by atoms with van der Waals surface area (Å²) in [6.07, 6.45) is 0. The standard InChI is InChI=1S/C9H12N2O5S2/c1-6-2-7(10-16-6)4-18(14,15)11-5-17-3-8(11)9(12)13/h2,8H,3-5H2,1H3,(H,12,13)/t8-/m1/s1. The molecule has 2 heterocycles. The van der Waals surface area contributed by atoms with Crippen LogP contribution >= 0.6 is 11.8 Å². The lowest BCUT2D eigenvalue weighted by Crippen LogP contribution is -2.42. The Morgan fingerprint density at radius 1 is 1.72 bits per heavy atom. The Labute approximate surface area is 108 Å². The van der Waals surface area contributed by atoms with Crippen LogP contribution in [-0.4, -0.2) is 46.6 Å². The third-order valence-electron chi connectivity index (χ3n) is 2.49. The molecule has 18 heavy (non-hydrogen) atoms. The Morgan fingerprint density at radius 3 is 3.00 bits per heavy atom. The second-order valence-corrected chi connectivity index (χ2v) is 6.85. The van der Waals surface area contributed by atoms with E-state index in [1.807, 2.05) is 0 Å². The Kier molecular flexibility index (Phi) is 3.64. The van der Waals surface area contributed by atoms with Crippen LogP contribution in [0.25, 0.3) is 0 Å². The topological polar surface area (TPSA) is 101 Å². The summed E-state index contributed by atoms with van der Waals surface area (Å²) in [4.78, 5) is 11.0. The van der Waals surface area contributed by atoms with E-state index in [1.165, 1.54) is 17.8 Å². The lowest BCUT2D eigenvalue weighted by Gasteiger charge is -2.19. The van der Waals surface area contributed by atoms with E-state index in [9.17, 15) is 13.2 Å². The lowest BCUT2D eigenvalue weighted by molar-refractivity contribution is -0.140. The average molecular weight is 292 g/mol. The zero-order valence-corrected chi connectivity index (χ0v) is 11.2. The van der Waals surface area contributed by atoms with E-state index in [0.29, 0.717) is 5.76 Å². The maximum absolute atomic E-state index is 12.1. The molecule has 1 saturated heterocycles. The molecule has 1 aromatic heterocycles. The van der Waals surface area contributed by atoms with Gasteiger partial charge in [0.1, 0.15) is 23.2 Å². The van der Waals surface area contributed by atoms with Gasteiger partial charge in [-0.2, -0.15) is 4.31 Å². The predicted octanol–water partition coefficient (Wildman–Crippen LogP) is 0.272. The molecule has 0 saturated carbocycles. The Morgan fingerprint density at radius 2 is 2.44 bits per heavy atom. The van der Waals surface area contributed by atoms with Gasteiger partial charge in [-0.25, -0.2) is 8.42 Å². The smallest absolute Gasteiger partial charge is 0.322 e. The molecular weight excluding hydrogens is 280 g/mol. The first-order valence-corrected chi connectivity index (χ1v) is 7.89. The quantitative estimate of drug-likeness (QED) is 0.850. The van der Waals surface area contributed by atoms with E-state index in [-0.39, 0.29) is 23.1 Å². The number of hydrogen-bond donors (Lipinski definition) is 1. The normalized spacial score (nSPS) is 21.3. The molecule has 1 aliphatic heterocycles. The fourth-order valence-electron chi connectivity index (χ4n) is 1.65. The van der Waals surface area contributed by atoms with Crippen molar-refractivity contribution in [1.82, 2.24) is 9.46 Å². The predicted molar refractivity (Wildman–Crippen MR) is 64.5 cm³/mol. The van der Waals surface area contributed by atoms with Crippen molar-refractivity contribution in [2.75, 3.05) is 11.6 Å². The van der Waals surface area contributed by atoms with Gasteiger partial charge in [0.25, 0.3) is 0 Å². The van der Waals surface area contributed by atoms with Crippen molar-refractivity contribution in [3.05, 3.63) is 17.5 Å². The number of sulfonamides is 1. The molecule has 0 amide bonds. The number of hydrogen-bond acceptors (Lipinski definition) is 6. The molecule has 0 spiro atoms. The van der Waals surface area contributed by atoms with Crippen LogP contribution in [0.4, 0.5) is 0 Å². The molecule has 2 rings (SSSR count). The number of carboxylic acid groups (broad SMARTS) is 1. The van der Waals surface area contributed by atoms with E-state index < -0.39 is 22.0 Å². The Balaban J connectivity index is 2.18. The maximum atomic E-state index is 12.1. The second-order valence-electron chi connectivity index (χ2n) is 3.93. The van der Waals surface area contributed by atoms with Gasteiger partial charge in [-0.15, -0.1) is 11.8 Å². The van der Waals surface area contributed by atoms with Crippen molar-refractivity contribution >= 4 is 27.8 Å². The van der Waals surface area contributed by atoms with Gasteiger partial charge in [-0.3, -0.25) is 4.79 Å². The summed E-state index contributed by atoms with van der Waals surface area (Å²) in [5.41, 5.74) is 0.286. The summed E-state index contributed by atoms with van der Waals surface area (Å²) in [5.74, 6) is -0.511. The number of thioether (sulfide) groups is 1. The van der Waals surface area contributed by atoms with E-state index in [4.69, 9.17) is 9.63 Å². The number of carbonyl (C=O) groups is 1. The van der Waals surface area contributed by atoms with Crippen molar-refractivity contribution in [1.29, 1.82) is 0 Å². The Hall–Kier alpha value is -1.06. The first-order valence-electron chi connectivity index (χ1n) is 5.12. The number of aryl methyl sites for hydroxylation is 1. The van der Waals surface area contributed by atoms with Crippen LogP contribution in [-0.2, 0) is 20.6 Å². The molecule has 0 bridgehead atoms. The van der Waals surface area contributed by atoms with Gasteiger partial charge in [0.15, 0.2) is 0 Å². The van der Waals surface area contributed by atoms with Crippen LogP contribution in [0.15, 0.2) is 10.6 Å². The molecule has 9 heteroatoms. The highest BCUT2D eigenvalue weighted by Crippen LogP contribution is 2.26. The van der Waals surface area contributed by atoms with Gasteiger partial charge in [-0.05, 0) is 6.92 Å². The van der Waals surface area contributed by atoms with Crippen molar-refractivity contribution in [2.45, 2.75) is 18.7 Å². The van der Waals surface area contributed by atoms with Gasteiger partial charge in [0, 0.05) is 11.8 Å². The first-order chi connectivity index (χ1) is 8.40. The first kappa shape index (κ1) is 13.4. The zero-order valence-electron chi connectivity index (χ0n) is 9.57. The van der Waals surface area contributed by atoms with E-state index in [0.717, 1.165) is 4.31 Å². The molecule has 0 unspecified atom stereocenters. The molecule has 1 fully saturated rings. The summed E-state index contributed by atoms with van der Waals surface area (Å²) < 4.78 is 30.0. The SMILES string of the molecule is Cc1cc(CS(=O)(=O)N2CSC[C@@H]2C(=O)O)no1. The third kappa shape index (κ3) is 2.68.